The molecule has 8 nitrogen and oxygen atoms in total. The van der Waals surface area contributed by atoms with Crippen LogP contribution in [0.3, 0.4) is 0 Å². The summed E-state index contributed by atoms with van der Waals surface area (Å²) < 4.78 is 35.7. The topological polar surface area (TPSA) is 89.7 Å². The lowest BCUT2D eigenvalue weighted by molar-refractivity contribution is 0.414. The quantitative estimate of drug-likeness (QED) is 0.432. The molecule has 0 bridgehead atoms. The van der Waals surface area contributed by atoms with Crippen molar-refractivity contribution in [1.82, 2.24) is 19.6 Å². The second-order valence-electron chi connectivity index (χ2n) is 7.55. The van der Waals surface area contributed by atoms with Gasteiger partial charge < -0.3 is 4.74 Å². The minimum absolute atomic E-state index is 0.103. The molecular weight excluding hydrogens is 414 g/mol. The van der Waals surface area contributed by atoms with Crippen molar-refractivity contribution in [1.29, 1.82) is 0 Å². The molecule has 0 spiro atoms. The smallest absolute Gasteiger partial charge is 0.265 e. The third kappa shape index (κ3) is 3.59. The van der Waals surface area contributed by atoms with Crippen molar-refractivity contribution in [2.45, 2.75) is 38.0 Å². The number of fused-ring (bicyclic) bond motifs is 3. The number of anilines is 1. The van der Waals surface area contributed by atoms with E-state index in [1.807, 2.05) is 49.4 Å². The number of hydrogen-bond donors (Lipinski definition) is 0. The summed E-state index contributed by atoms with van der Waals surface area (Å²) in [6, 6.07) is 14.0. The van der Waals surface area contributed by atoms with E-state index in [-0.39, 0.29) is 23.2 Å². The minimum atomic E-state index is -3.88. The van der Waals surface area contributed by atoms with Crippen LogP contribution in [-0.2, 0) is 10.0 Å². The number of methoxy groups -OCH3 is 1. The fraction of sp³-hybridized carbons (Fsp3) is 0.318. The number of sulfonamides is 1. The molecule has 0 amide bonds. The summed E-state index contributed by atoms with van der Waals surface area (Å²) in [5.41, 5.74) is 1.94. The average Bonchev–Trinajstić information content (AvgIpc) is 3.23. The molecule has 0 atom stereocenters. The Bertz CT molecular complexity index is 1330. The van der Waals surface area contributed by atoms with E-state index in [0.29, 0.717) is 23.3 Å². The van der Waals surface area contributed by atoms with Gasteiger partial charge in [0, 0.05) is 12.5 Å². The Hall–Kier alpha value is -3.20. The average molecular weight is 440 g/mol. The van der Waals surface area contributed by atoms with Gasteiger partial charge in [-0.1, -0.05) is 32.9 Å². The van der Waals surface area contributed by atoms with Gasteiger partial charge in [0.25, 0.3) is 10.0 Å². The first-order valence-corrected chi connectivity index (χ1v) is 11.6. The molecule has 4 rings (SSSR count). The molecule has 0 N–H and O–H groups in total. The molecule has 2 aromatic heterocycles. The molecule has 0 radical (unpaired) electrons. The summed E-state index contributed by atoms with van der Waals surface area (Å²) in [4.78, 5) is 4.88. The lowest BCUT2D eigenvalue weighted by Crippen LogP contribution is -2.33. The summed E-state index contributed by atoms with van der Waals surface area (Å²) in [5, 5.41) is 8.71. The summed E-state index contributed by atoms with van der Waals surface area (Å²) >= 11 is 0. The zero-order valence-electron chi connectivity index (χ0n) is 18.0. The van der Waals surface area contributed by atoms with Gasteiger partial charge in [-0.05, 0) is 42.8 Å². The van der Waals surface area contributed by atoms with Crippen LogP contribution in [0.1, 0.15) is 38.9 Å². The standard InChI is InChI=1S/C22H25N5O3S/c1-5-14-26(31(28,29)17-12-10-16(30-4)11-13-17)21-22-25-24-20(15(2)3)27(22)19-9-7-6-8-18(19)23-21/h6-13,15H,5,14H2,1-4H3. The zero-order valence-corrected chi connectivity index (χ0v) is 18.8. The number of ether oxygens (including phenoxy) is 1. The van der Waals surface area contributed by atoms with Crippen molar-refractivity contribution < 1.29 is 13.2 Å². The van der Waals surface area contributed by atoms with Gasteiger partial charge in [0.15, 0.2) is 5.82 Å². The van der Waals surface area contributed by atoms with Gasteiger partial charge in [-0.3, -0.25) is 4.40 Å². The van der Waals surface area contributed by atoms with Crippen LogP contribution in [0.15, 0.2) is 53.4 Å². The Morgan fingerprint density at radius 3 is 2.42 bits per heavy atom. The fourth-order valence-corrected chi connectivity index (χ4v) is 5.06. The van der Waals surface area contributed by atoms with Crippen LogP contribution in [-0.4, -0.2) is 41.7 Å². The molecule has 0 saturated heterocycles. The Labute approximate surface area is 181 Å². The highest BCUT2D eigenvalue weighted by atomic mass is 32.2. The van der Waals surface area contributed by atoms with Crippen LogP contribution >= 0.6 is 0 Å². The summed E-state index contributed by atoms with van der Waals surface area (Å²) in [6.45, 7) is 6.25. The molecule has 162 valence electrons. The van der Waals surface area contributed by atoms with Gasteiger partial charge >= 0.3 is 0 Å². The maximum Gasteiger partial charge on any atom is 0.265 e. The first kappa shape index (κ1) is 21.0. The van der Waals surface area contributed by atoms with Crippen LogP contribution in [0.5, 0.6) is 5.75 Å². The SMILES string of the molecule is CCCN(c1nc2ccccc2n2c(C(C)C)nnc12)S(=O)(=O)c1ccc(OC)cc1. The maximum absolute atomic E-state index is 13.6. The Morgan fingerprint density at radius 2 is 1.77 bits per heavy atom. The number of benzene rings is 2. The fourth-order valence-electron chi connectivity index (χ4n) is 3.55. The molecule has 0 aliphatic carbocycles. The van der Waals surface area contributed by atoms with Crippen molar-refractivity contribution in [3.05, 3.63) is 54.4 Å². The number of para-hydroxylation sites is 2. The molecule has 31 heavy (non-hydrogen) atoms. The van der Waals surface area contributed by atoms with Gasteiger partial charge in [-0.25, -0.2) is 17.7 Å². The Balaban J connectivity index is 1.98. The molecule has 0 aliphatic heterocycles. The van der Waals surface area contributed by atoms with Gasteiger partial charge in [0.1, 0.15) is 11.6 Å². The van der Waals surface area contributed by atoms with Gasteiger partial charge in [-0.2, -0.15) is 0 Å². The number of nitrogens with zero attached hydrogens (tertiary/aromatic N) is 5. The predicted molar refractivity (Wildman–Crippen MR) is 120 cm³/mol. The minimum Gasteiger partial charge on any atom is -0.497 e. The van der Waals surface area contributed by atoms with Gasteiger partial charge in [0.05, 0.1) is 23.0 Å². The van der Waals surface area contributed by atoms with E-state index in [0.717, 1.165) is 11.3 Å². The monoisotopic (exact) mass is 439 g/mol. The molecular formula is C22H25N5O3S. The van der Waals surface area contributed by atoms with Gasteiger partial charge in [-0.15, -0.1) is 10.2 Å². The van der Waals surface area contributed by atoms with E-state index in [9.17, 15) is 8.42 Å². The highest BCUT2D eigenvalue weighted by Gasteiger charge is 2.29. The van der Waals surface area contributed by atoms with E-state index in [4.69, 9.17) is 9.72 Å². The first-order chi connectivity index (χ1) is 14.9. The van der Waals surface area contributed by atoms with Crippen molar-refractivity contribution >= 4 is 32.5 Å². The normalized spacial score (nSPS) is 12.0. The summed E-state index contributed by atoms with van der Waals surface area (Å²) in [7, 11) is -2.34. The zero-order chi connectivity index (χ0) is 22.2. The highest BCUT2D eigenvalue weighted by Crippen LogP contribution is 2.31. The largest absolute Gasteiger partial charge is 0.497 e. The van der Waals surface area contributed by atoms with E-state index in [2.05, 4.69) is 10.2 Å². The Kier molecular flexibility index (Phi) is 5.53. The molecule has 2 aromatic carbocycles. The van der Waals surface area contributed by atoms with Crippen LogP contribution in [0, 0.1) is 0 Å². The third-order valence-corrected chi connectivity index (χ3v) is 6.87. The van der Waals surface area contributed by atoms with Gasteiger partial charge in [0.2, 0.25) is 5.65 Å². The van der Waals surface area contributed by atoms with Crippen LogP contribution in [0.25, 0.3) is 16.7 Å². The molecule has 0 saturated carbocycles. The van der Waals surface area contributed by atoms with Crippen molar-refractivity contribution in [3.63, 3.8) is 0 Å². The maximum atomic E-state index is 13.6. The highest BCUT2D eigenvalue weighted by molar-refractivity contribution is 7.92. The summed E-state index contributed by atoms with van der Waals surface area (Å²) in [6.07, 6.45) is 0.612. The second-order valence-corrected chi connectivity index (χ2v) is 9.41. The van der Waals surface area contributed by atoms with Crippen LogP contribution in [0.4, 0.5) is 5.82 Å². The van der Waals surface area contributed by atoms with Crippen LogP contribution < -0.4 is 9.04 Å². The van der Waals surface area contributed by atoms with E-state index < -0.39 is 10.0 Å². The Morgan fingerprint density at radius 1 is 1.06 bits per heavy atom. The molecule has 4 aromatic rings. The lowest BCUT2D eigenvalue weighted by atomic mass is 10.2. The van der Waals surface area contributed by atoms with E-state index >= 15 is 0 Å². The van der Waals surface area contributed by atoms with Crippen molar-refractivity contribution in [3.8, 4) is 5.75 Å². The molecule has 9 heteroatoms. The molecule has 0 fully saturated rings. The molecule has 0 unspecified atom stereocenters. The van der Waals surface area contributed by atoms with Crippen molar-refractivity contribution in [2.24, 2.45) is 0 Å². The predicted octanol–water partition coefficient (Wildman–Crippen LogP) is 4.01. The molecule has 0 aliphatic rings. The number of aromatic nitrogens is 4. The van der Waals surface area contributed by atoms with E-state index in [1.54, 1.807) is 31.4 Å². The number of rotatable bonds is 7. The lowest BCUT2D eigenvalue weighted by Gasteiger charge is -2.24. The summed E-state index contributed by atoms with van der Waals surface area (Å²) in [5.74, 6) is 1.72. The molecule has 2 heterocycles. The van der Waals surface area contributed by atoms with Crippen LogP contribution in [0.2, 0.25) is 0 Å². The van der Waals surface area contributed by atoms with Crippen molar-refractivity contribution in [2.75, 3.05) is 18.0 Å². The second kappa shape index (κ2) is 8.14. The third-order valence-electron chi connectivity index (χ3n) is 5.06. The number of hydrogen-bond acceptors (Lipinski definition) is 6. The first-order valence-electron chi connectivity index (χ1n) is 10.2. The van der Waals surface area contributed by atoms with E-state index in [1.165, 1.54) is 4.31 Å².